The Balaban J connectivity index is 1.33. The van der Waals surface area contributed by atoms with E-state index in [2.05, 4.69) is 40.1 Å². The smallest absolute Gasteiger partial charge is 0.339 e. The molecule has 0 aliphatic carbocycles. The van der Waals surface area contributed by atoms with Crippen LogP contribution in [0.3, 0.4) is 0 Å². The van der Waals surface area contributed by atoms with Crippen LogP contribution < -0.4 is 4.90 Å². The molecule has 144 valence electrons. The van der Waals surface area contributed by atoms with Crippen LogP contribution in [0.15, 0.2) is 48.5 Å². The molecular weight excluding hydrogens is 340 g/mol. The van der Waals surface area contributed by atoms with E-state index in [0.29, 0.717) is 0 Å². The molecule has 0 amide bonds. The zero-order valence-electron chi connectivity index (χ0n) is 15.7. The van der Waals surface area contributed by atoms with E-state index < -0.39 is 5.97 Å². The lowest BCUT2D eigenvalue weighted by atomic mass is 10.0. The topological polar surface area (TPSA) is 64.0 Å². The highest BCUT2D eigenvalue weighted by atomic mass is 16.4. The third kappa shape index (κ3) is 5.47. The lowest BCUT2D eigenvalue weighted by molar-refractivity contribution is 0.0693. The number of carbonyl (C=O) groups is 1. The summed E-state index contributed by atoms with van der Waals surface area (Å²) in [5.74, 6) is -1.25. The number of hydrogen-bond donors (Lipinski definition) is 2. The number of carboxylic acids is 1. The zero-order chi connectivity index (χ0) is 19.1. The summed E-state index contributed by atoms with van der Waals surface area (Å²) in [4.78, 5) is 16.0. The van der Waals surface area contributed by atoms with Crippen molar-refractivity contribution >= 4 is 11.7 Å². The van der Waals surface area contributed by atoms with Gasteiger partial charge in [0.1, 0.15) is 11.3 Å². The average Bonchev–Trinajstić information content (AvgIpc) is 2.70. The summed E-state index contributed by atoms with van der Waals surface area (Å²) in [5, 5.41) is 18.6. The number of nitrogens with zero attached hydrogens (tertiary/aromatic N) is 2. The standard InChI is InChI=1S/C22H28N2O3/c25-21-11-10-18(17-20(21)22(26)27)7-3-2-6-12-23-13-15-24(16-14-23)19-8-4-1-5-9-19/h1,4-5,8-11,17,25H,2-3,6-7,12-16H2,(H,26,27). The van der Waals surface area contributed by atoms with E-state index in [-0.39, 0.29) is 11.3 Å². The molecule has 0 aromatic heterocycles. The van der Waals surface area contributed by atoms with Gasteiger partial charge in [-0.2, -0.15) is 0 Å². The SMILES string of the molecule is O=C(O)c1cc(CCCCCN2CCN(c3ccccc3)CC2)ccc1O. The molecule has 3 rings (SSSR count). The molecule has 1 saturated heterocycles. The van der Waals surface area contributed by atoms with Gasteiger partial charge in [-0.3, -0.25) is 4.90 Å². The van der Waals surface area contributed by atoms with E-state index in [0.717, 1.165) is 64.0 Å². The molecule has 5 heteroatoms. The second-order valence-corrected chi connectivity index (χ2v) is 7.13. The van der Waals surface area contributed by atoms with E-state index in [1.54, 1.807) is 6.07 Å². The summed E-state index contributed by atoms with van der Waals surface area (Å²) in [5.41, 5.74) is 2.28. The number of aromatic hydroxyl groups is 1. The molecule has 27 heavy (non-hydrogen) atoms. The van der Waals surface area contributed by atoms with Gasteiger partial charge in [0.2, 0.25) is 0 Å². The Morgan fingerprint density at radius 2 is 1.67 bits per heavy atom. The molecule has 1 aliphatic heterocycles. The van der Waals surface area contributed by atoms with E-state index >= 15 is 0 Å². The van der Waals surface area contributed by atoms with Gasteiger partial charge >= 0.3 is 5.97 Å². The molecule has 2 aromatic rings. The molecule has 0 saturated carbocycles. The van der Waals surface area contributed by atoms with Crippen molar-refractivity contribution in [2.75, 3.05) is 37.6 Å². The molecule has 0 bridgehead atoms. The van der Waals surface area contributed by atoms with Gasteiger partial charge in [0.05, 0.1) is 0 Å². The second kappa shape index (κ2) is 9.42. The predicted octanol–water partition coefficient (Wildman–Crippen LogP) is 3.63. The molecule has 1 aliphatic rings. The number of hydrogen-bond acceptors (Lipinski definition) is 4. The summed E-state index contributed by atoms with van der Waals surface area (Å²) < 4.78 is 0. The summed E-state index contributed by atoms with van der Waals surface area (Å²) in [6.07, 6.45) is 4.17. The lowest BCUT2D eigenvalue weighted by Crippen LogP contribution is -2.46. The maximum Gasteiger partial charge on any atom is 0.339 e. The van der Waals surface area contributed by atoms with Crippen LogP contribution >= 0.6 is 0 Å². The van der Waals surface area contributed by atoms with Crippen LogP contribution in [0.2, 0.25) is 0 Å². The van der Waals surface area contributed by atoms with Gasteiger partial charge in [-0.1, -0.05) is 30.7 Å². The molecule has 0 radical (unpaired) electrons. The quantitative estimate of drug-likeness (QED) is 0.697. The summed E-state index contributed by atoms with van der Waals surface area (Å²) in [6.45, 7) is 5.49. The Kier molecular flexibility index (Phi) is 6.71. The first kappa shape index (κ1) is 19.2. The van der Waals surface area contributed by atoms with Gasteiger partial charge in [0.25, 0.3) is 0 Å². The van der Waals surface area contributed by atoms with Gasteiger partial charge in [-0.15, -0.1) is 0 Å². The van der Waals surface area contributed by atoms with Crippen molar-refractivity contribution < 1.29 is 15.0 Å². The van der Waals surface area contributed by atoms with Crippen molar-refractivity contribution in [3.63, 3.8) is 0 Å². The Bertz CT molecular complexity index is 740. The first-order valence-corrected chi connectivity index (χ1v) is 9.71. The molecule has 2 N–H and O–H groups in total. The molecule has 0 spiro atoms. The molecule has 1 heterocycles. The summed E-state index contributed by atoms with van der Waals surface area (Å²) >= 11 is 0. The number of piperazine rings is 1. The highest BCUT2D eigenvalue weighted by Gasteiger charge is 2.16. The molecular formula is C22H28N2O3. The van der Waals surface area contributed by atoms with E-state index in [9.17, 15) is 9.90 Å². The Hall–Kier alpha value is -2.53. The van der Waals surface area contributed by atoms with Crippen molar-refractivity contribution in [3.05, 3.63) is 59.7 Å². The molecule has 1 fully saturated rings. The number of rotatable bonds is 8. The molecule has 2 aromatic carbocycles. The number of aromatic carboxylic acids is 1. The van der Waals surface area contributed by atoms with Crippen LogP contribution in [-0.4, -0.2) is 53.8 Å². The first-order chi connectivity index (χ1) is 13.1. The predicted molar refractivity (Wildman–Crippen MR) is 108 cm³/mol. The number of benzene rings is 2. The lowest BCUT2D eigenvalue weighted by Gasteiger charge is -2.36. The molecule has 5 nitrogen and oxygen atoms in total. The number of carboxylic acid groups (broad SMARTS) is 1. The third-order valence-electron chi connectivity index (χ3n) is 5.22. The third-order valence-corrected chi connectivity index (χ3v) is 5.22. The van der Waals surface area contributed by atoms with E-state index in [1.165, 1.54) is 11.8 Å². The molecule has 0 atom stereocenters. The van der Waals surface area contributed by atoms with Gasteiger partial charge in [-0.05, 0) is 55.6 Å². The minimum atomic E-state index is -1.08. The fourth-order valence-corrected chi connectivity index (χ4v) is 3.62. The number of aryl methyl sites for hydroxylation is 1. The average molecular weight is 368 g/mol. The zero-order valence-corrected chi connectivity index (χ0v) is 15.7. The van der Waals surface area contributed by atoms with Crippen molar-refractivity contribution in [2.45, 2.75) is 25.7 Å². The minimum absolute atomic E-state index is 0.0104. The fraction of sp³-hybridized carbons (Fsp3) is 0.409. The van der Waals surface area contributed by atoms with E-state index in [4.69, 9.17) is 5.11 Å². The number of anilines is 1. The Labute approximate surface area is 160 Å². The van der Waals surface area contributed by atoms with Crippen LogP contribution in [0.5, 0.6) is 5.75 Å². The van der Waals surface area contributed by atoms with Crippen molar-refractivity contribution in [1.29, 1.82) is 0 Å². The Morgan fingerprint density at radius 1 is 0.926 bits per heavy atom. The van der Waals surface area contributed by atoms with E-state index in [1.807, 2.05) is 6.07 Å². The highest BCUT2D eigenvalue weighted by Crippen LogP contribution is 2.20. The minimum Gasteiger partial charge on any atom is -0.507 e. The second-order valence-electron chi connectivity index (χ2n) is 7.13. The van der Waals surface area contributed by atoms with Gasteiger partial charge in [0, 0.05) is 31.9 Å². The summed E-state index contributed by atoms with van der Waals surface area (Å²) in [6, 6.07) is 15.5. The highest BCUT2D eigenvalue weighted by molar-refractivity contribution is 5.90. The fourth-order valence-electron chi connectivity index (χ4n) is 3.62. The largest absolute Gasteiger partial charge is 0.507 e. The maximum absolute atomic E-state index is 11.1. The Morgan fingerprint density at radius 3 is 2.37 bits per heavy atom. The number of unbranched alkanes of at least 4 members (excludes halogenated alkanes) is 2. The van der Waals surface area contributed by atoms with Gasteiger partial charge < -0.3 is 15.1 Å². The maximum atomic E-state index is 11.1. The normalized spacial score (nSPS) is 15.0. The van der Waals surface area contributed by atoms with Crippen molar-refractivity contribution in [2.24, 2.45) is 0 Å². The van der Waals surface area contributed by atoms with Gasteiger partial charge in [0.15, 0.2) is 0 Å². The van der Waals surface area contributed by atoms with Crippen LogP contribution in [-0.2, 0) is 6.42 Å². The van der Waals surface area contributed by atoms with Crippen molar-refractivity contribution in [3.8, 4) is 5.75 Å². The number of para-hydroxylation sites is 1. The van der Waals surface area contributed by atoms with Crippen molar-refractivity contribution in [1.82, 2.24) is 4.90 Å². The molecule has 0 unspecified atom stereocenters. The summed E-state index contributed by atoms with van der Waals surface area (Å²) in [7, 11) is 0. The van der Waals surface area contributed by atoms with Crippen LogP contribution in [0.25, 0.3) is 0 Å². The first-order valence-electron chi connectivity index (χ1n) is 9.71. The monoisotopic (exact) mass is 368 g/mol. The van der Waals surface area contributed by atoms with Gasteiger partial charge in [-0.25, -0.2) is 4.79 Å². The van der Waals surface area contributed by atoms with Crippen LogP contribution in [0.1, 0.15) is 35.2 Å². The van der Waals surface area contributed by atoms with Crippen LogP contribution in [0.4, 0.5) is 5.69 Å². The number of phenols is 1. The van der Waals surface area contributed by atoms with Crippen LogP contribution in [0, 0.1) is 0 Å².